The van der Waals surface area contributed by atoms with E-state index in [1.807, 2.05) is 0 Å². The minimum atomic E-state index is -1.05. The van der Waals surface area contributed by atoms with Crippen molar-refractivity contribution < 1.29 is 18.0 Å². The number of hydrogen-bond donors (Lipinski definition) is 0. The van der Waals surface area contributed by atoms with Gasteiger partial charge in [0.2, 0.25) is 0 Å². The van der Waals surface area contributed by atoms with Gasteiger partial charge in [0.1, 0.15) is 17.3 Å². The van der Waals surface area contributed by atoms with Crippen molar-refractivity contribution in [2.45, 2.75) is 6.42 Å². The molecule has 0 aliphatic carbocycles. The summed E-state index contributed by atoms with van der Waals surface area (Å²) in [5, 5.41) is 0. The Hall–Kier alpha value is -2.17. The first kappa shape index (κ1) is 12.3. The molecule has 2 nitrogen and oxygen atoms in total. The first-order chi connectivity index (χ1) is 8.58. The quantitative estimate of drug-likeness (QED) is 0.785. The molecule has 2 rings (SSSR count). The van der Waals surface area contributed by atoms with E-state index >= 15 is 0 Å². The van der Waals surface area contributed by atoms with Crippen molar-refractivity contribution in [1.29, 1.82) is 0 Å². The highest BCUT2D eigenvalue weighted by atomic mass is 19.1. The minimum absolute atomic E-state index is 0.146. The maximum absolute atomic E-state index is 13.3. The summed E-state index contributed by atoms with van der Waals surface area (Å²) < 4.78 is 39.2. The molecule has 0 aliphatic heterocycles. The lowest BCUT2D eigenvalue weighted by Crippen LogP contribution is -2.10. The number of nitrogens with zero attached hydrogens (tertiary/aromatic N) is 1. The second-order valence-corrected chi connectivity index (χ2v) is 3.68. The van der Waals surface area contributed by atoms with Crippen LogP contribution in [0.4, 0.5) is 13.2 Å². The molecule has 0 bridgehead atoms. The highest BCUT2D eigenvalue weighted by Gasteiger charge is 2.16. The average molecular weight is 251 g/mol. The van der Waals surface area contributed by atoms with Gasteiger partial charge in [-0.05, 0) is 11.6 Å². The molecule has 2 aromatic rings. The molecule has 5 heteroatoms. The SMILES string of the molecule is O=C(Cc1ccccc1F)c1ncc(F)cc1F. The Labute approximate surface area is 101 Å². The Balaban J connectivity index is 2.25. The molecule has 18 heavy (non-hydrogen) atoms. The lowest BCUT2D eigenvalue weighted by molar-refractivity contribution is 0.0982. The molecule has 0 N–H and O–H groups in total. The summed E-state index contributed by atoms with van der Waals surface area (Å²) in [5.41, 5.74) is -0.340. The Morgan fingerprint density at radius 1 is 1.11 bits per heavy atom. The smallest absolute Gasteiger partial charge is 0.188 e. The van der Waals surface area contributed by atoms with Crippen molar-refractivity contribution in [2.24, 2.45) is 0 Å². The zero-order valence-corrected chi connectivity index (χ0v) is 9.16. The largest absolute Gasteiger partial charge is 0.292 e. The molecule has 0 radical (unpaired) electrons. The van der Waals surface area contributed by atoms with Crippen LogP contribution in [0.1, 0.15) is 16.1 Å². The van der Waals surface area contributed by atoms with Gasteiger partial charge in [0.05, 0.1) is 6.20 Å². The summed E-state index contributed by atoms with van der Waals surface area (Å²) in [6.07, 6.45) is 0.430. The van der Waals surface area contributed by atoms with Gasteiger partial charge in [0, 0.05) is 12.5 Å². The number of Topliss-reactive ketones (excluding diaryl/α,β-unsaturated/α-hetero) is 1. The molecule has 0 spiro atoms. The maximum atomic E-state index is 13.3. The number of pyridine rings is 1. The Morgan fingerprint density at radius 3 is 2.50 bits per heavy atom. The molecule has 1 aromatic heterocycles. The number of carbonyl (C=O) groups excluding carboxylic acids is 1. The van der Waals surface area contributed by atoms with E-state index in [4.69, 9.17) is 0 Å². The summed E-state index contributed by atoms with van der Waals surface area (Å²) in [5.74, 6) is -3.16. The number of aromatic nitrogens is 1. The fourth-order valence-electron chi connectivity index (χ4n) is 1.52. The van der Waals surface area contributed by atoms with Crippen LogP contribution in [-0.2, 0) is 6.42 Å². The third kappa shape index (κ3) is 2.56. The van der Waals surface area contributed by atoms with E-state index < -0.39 is 28.9 Å². The second-order valence-electron chi connectivity index (χ2n) is 3.68. The minimum Gasteiger partial charge on any atom is -0.292 e. The lowest BCUT2D eigenvalue weighted by atomic mass is 10.1. The van der Waals surface area contributed by atoms with Crippen LogP contribution < -0.4 is 0 Å². The van der Waals surface area contributed by atoms with Gasteiger partial charge >= 0.3 is 0 Å². The van der Waals surface area contributed by atoms with Crippen LogP contribution in [0.3, 0.4) is 0 Å². The van der Waals surface area contributed by atoms with Crippen LogP contribution in [-0.4, -0.2) is 10.8 Å². The first-order valence-electron chi connectivity index (χ1n) is 5.15. The van der Waals surface area contributed by atoms with E-state index in [2.05, 4.69) is 4.98 Å². The van der Waals surface area contributed by atoms with Crippen molar-refractivity contribution >= 4 is 5.78 Å². The van der Waals surface area contributed by atoms with E-state index in [9.17, 15) is 18.0 Å². The topological polar surface area (TPSA) is 30.0 Å². The van der Waals surface area contributed by atoms with E-state index in [1.54, 1.807) is 6.07 Å². The zero-order chi connectivity index (χ0) is 13.1. The van der Waals surface area contributed by atoms with Gasteiger partial charge in [-0.25, -0.2) is 18.2 Å². The second kappa shape index (κ2) is 5.00. The lowest BCUT2D eigenvalue weighted by Gasteiger charge is -2.03. The van der Waals surface area contributed by atoms with E-state index in [0.717, 1.165) is 6.20 Å². The number of carbonyl (C=O) groups is 1. The predicted octanol–water partition coefficient (Wildman–Crippen LogP) is 2.92. The fraction of sp³-hybridized carbons (Fsp3) is 0.0769. The van der Waals surface area contributed by atoms with Crippen LogP contribution in [0.15, 0.2) is 36.5 Å². The van der Waals surface area contributed by atoms with Gasteiger partial charge in [-0.1, -0.05) is 18.2 Å². The van der Waals surface area contributed by atoms with E-state index in [1.165, 1.54) is 18.2 Å². The molecule has 0 saturated heterocycles. The summed E-state index contributed by atoms with van der Waals surface area (Å²) in [6, 6.07) is 6.26. The first-order valence-corrected chi connectivity index (χ1v) is 5.15. The van der Waals surface area contributed by atoms with Crippen molar-refractivity contribution in [3.05, 3.63) is 65.2 Å². The molecule has 0 aliphatic rings. The van der Waals surface area contributed by atoms with Crippen molar-refractivity contribution in [3.8, 4) is 0 Å². The average Bonchev–Trinajstić information content (AvgIpc) is 2.32. The fourth-order valence-corrected chi connectivity index (χ4v) is 1.52. The third-order valence-electron chi connectivity index (χ3n) is 2.38. The van der Waals surface area contributed by atoms with Crippen LogP contribution in [0, 0.1) is 17.5 Å². The van der Waals surface area contributed by atoms with E-state index in [-0.39, 0.29) is 12.0 Å². The number of hydrogen-bond acceptors (Lipinski definition) is 2. The summed E-state index contributed by atoms with van der Waals surface area (Å²) >= 11 is 0. The highest BCUT2D eigenvalue weighted by molar-refractivity contribution is 5.95. The van der Waals surface area contributed by atoms with Gasteiger partial charge in [-0.3, -0.25) is 4.79 Å². The number of rotatable bonds is 3. The molecule has 1 heterocycles. The Bertz CT molecular complexity index is 599. The molecule has 0 saturated carbocycles. The molecule has 92 valence electrons. The van der Waals surface area contributed by atoms with Crippen molar-refractivity contribution in [1.82, 2.24) is 4.98 Å². The van der Waals surface area contributed by atoms with Gasteiger partial charge in [-0.2, -0.15) is 0 Å². The van der Waals surface area contributed by atoms with Crippen LogP contribution in [0.2, 0.25) is 0 Å². The highest BCUT2D eigenvalue weighted by Crippen LogP contribution is 2.12. The Morgan fingerprint density at radius 2 is 1.83 bits per heavy atom. The summed E-state index contributed by atoms with van der Waals surface area (Å²) in [7, 11) is 0. The molecule has 0 atom stereocenters. The van der Waals surface area contributed by atoms with Gasteiger partial charge in [0.25, 0.3) is 0 Å². The van der Waals surface area contributed by atoms with Crippen LogP contribution >= 0.6 is 0 Å². The van der Waals surface area contributed by atoms with Crippen LogP contribution in [0.25, 0.3) is 0 Å². The molecular weight excluding hydrogens is 243 g/mol. The maximum Gasteiger partial charge on any atom is 0.188 e. The zero-order valence-electron chi connectivity index (χ0n) is 9.16. The standard InChI is InChI=1S/C13H8F3NO/c14-9-6-11(16)13(17-7-9)12(18)5-8-3-1-2-4-10(8)15/h1-4,6-7H,5H2. The van der Waals surface area contributed by atoms with Gasteiger partial charge in [-0.15, -0.1) is 0 Å². The summed E-state index contributed by atoms with van der Waals surface area (Å²) in [4.78, 5) is 15.1. The van der Waals surface area contributed by atoms with Gasteiger partial charge < -0.3 is 0 Å². The molecule has 1 aromatic carbocycles. The number of ketones is 1. The van der Waals surface area contributed by atoms with Gasteiger partial charge in [0.15, 0.2) is 11.6 Å². The summed E-state index contributed by atoms with van der Waals surface area (Å²) in [6.45, 7) is 0. The monoisotopic (exact) mass is 251 g/mol. The third-order valence-corrected chi connectivity index (χ3v) is 2.38. The molecule has 0 fully saturated rings. The number of halogens is 3. The number of benzene rings is 1. The predicted molar refractivity (Wildman–Crippen MR) is 58.6 cm³/mol. The van der Waals surface area contributed by atoms with Crippen molar-refractivity contribution in [3.63, 3.8) is 0 Å². The molecule has 0 unspecified atom stereocenters. The molecule has 0 amide bonds. The van der Waals surface area contributed by atoms with E-state index in [0.29, 0.717) is 6.07 Å². The van der Waals surface area contributed by atoms with Crippen LogP contribution in [0.5, 0.6) is 0 Å². The molecular formula is C13H8F3NO. The normalized spacial score (nSPS) is 10.4. The van der Waals surface area contributed by atoms with Crippen molar-refractivity contribution in [2.75, 3.05) is 0 Å². The Kier molecular flexibility index (Phi) is 3.41.